The Labute approximate surface area is 177 Å². The summed E-state index contributed by atoms with van der Waals surface area (Å²) in [5.74, 6) is 2.06. The van der Waals surface area contributed by atoms with E-state index in [0.717, 1.165) is 48.6 Å². The van der Waals surface area contributed by atoms with Gasteiger partial charge in [0.1, 0.15) is 11.6 Å². The highest BCUT2D eigenvalue weighted by molar-refractivity contribution is 6.09. The zero-order valence-electron chi connectivity index (χ0n) is 17.2. The summed E-state index contributed by atoms with van der Waals surface area (Å²) in [4.78, 5) is 29.1. The zero-order valence-corrected chi connectivity index (χ0v) is 17.2. The van der Waals surface area contributed by atoms with Crippen LogP contribution in [0.25, 0.3) is 10.8 Å². The Morgan fingerprint density at radius 3 is 2.20 bits per heavy atom. The molecular formula is C24H27N5O. The number of piperazine rings is 1. The molecule has 1 aromatic carbocycles. The van der Waals surface area contributed by atoms with E-state index in [2.05, 4.69) is 26.9 Å². The second-order valence-corrected chi connectivity index (χ2v) is 8.06. The van der Waals surface area contributed by atoms with E-state index in [4.69, 9.17) is 4.98 Å². The molecule has 2 aromatic heterocycles. The molecule has 6 nitrogen and oxygen atoms in total. The lowest BCUT2D eigenvalue weighted by Crippen LogP contribution is -2.49. The van der Waals surface area contributed by atoms with Gasteiger partial charge in [0.2, 0.25) is 0 Å². The quantitative estimate of drug-likeness (QED) is 0.671. The van der Waals surface area contributed by atoms with Crippen molar-refractivity contribution in [1.29, 1.82) is 0 Å². The molecule has 0 N–H and O–H groups in total. The van der Waals surface area contributed by atoms with Crippen LogP contribution in [0.3, 0.4) is 0 Å². The van der Waals surface area contributed by atoms with Crippen LogP contribution in [0, 0.1) is 0 Å². The van der Waals surface area contributed by atoms with Gasteiger partial charge in [0.25, 0.3) is 5.91 Å². The number of benzene rings is 1. The lowest BCUT2D eigenvalue weighted by molar-refractivity contribution is 0.0748. The molecule has 2 aliphatic rings. The molecule has 154 valence electrons. The van der Waals surface area contributed by atoms with Crippen molar-refractivity contribution in [2.45, 2.75) is 19.3 Å². The van der Waals surface area contributed by atoms with Gasteiger partial charge in [0, 0.05) is 57.0 Å². The Balaban J connectivity index is 1.38. The Hall–Kier alpha value is -3.15. The van der Waals surface area contributed by atoms with Gasteiger partial charge in [-0.15, -0.1) is 0 Å². The Morgan fingerprint density at radius 1 is 0.733 bits per heavy atom. The molecule has 0 atom stereocenters. The van der Waals surface area contributed by atoms with Crippen LogP contribution < -0.4 is 9.80 Å². The second-order valence-electron chi connectivity index (χ2n) is 8.06. The van der Waals surface area contributed by atoms with Gasteiger partial charge in [-0.25, -0.2) is 9.97 Å². The predicted molar refractivity (Wildman–Crippen MR) is 120 cm³/mol. The maximum atomic E-state index is 13.4. The van der Waals surface area contributed by atoms with Gasteiger partial charge >= 0.3 is 0 Å². The minimum absolute atomic E-state index is 0.0737. The minimum atomic E-state index is 0.0737. The van der Waals surface area contributed by atoms with Crippen molar-refractivity contribution in [1.82, 2.24) is 14.9 Å². The monoisotopic (exact) mass is 401 g/mol. The molecule has 0 radical (unpaired) electrons. The Bertz CT molecular complexity index is 1020. The number of nitrogens with zero attached hydrogens (tertiary/aromatic N) is 5. The maximum Gasteiger partial charge on any atom is 0.256 e. The summed E-state index contributed by atoms with van der Waals surface area (Å²) in [5.41, 5.74) is 0.706. The smallest absolute Gasteiger partial charge is 0.256 e. The number of fused-ring (bicyclic) bond motifs is 1. The van der Waals surface area contributed by atoms with Gasteiger partial charge in [0.15, 0.2) is 0 Å². The highest BCUT2D eigenvalue weighted by atomic mass is 16.2. The third-order valence-electron chi connectivity index (χ3n) is 6.20. The average molecular weight is 402 g/mol. The van der Waals surface area contributed by atoms with E-state index in [1.807, 2.05) is 41.4 Å². The summed E-state index contributed by atoms with van der Waals surface area (Å²) in [5, 5.41) is 2.09. The van der Waals surface area contributed by atoms with Gasteiger partial charge in [-0.05, 0) is 36.8 Å². The number of amides is 1. The fourth-order valence-electron chi connectivity index (χ4n) is 4.56. The van der Waals surface area contributed by atoms with Gasteiger partial charge in [-0.2, -0.15) is 0 Å². The molecule has 1 amide bonds. The van der Waals surface area contributed by atoms with Crippen LogP contribution in [-0.4, -0.2) is 60.0 Å². The average Bonchev–Trinajstić information content (AvgIpc) is 2.84. The molecule has 2 fully saturated rings. The van der Waals surface area contributed by atoms with Gasteiger partial charge in [-0.1, -0.05) is 30.3 Å². The van der Waals surface area contributed by atoms with Crippen LogP contribution in [0.5, 0.6) is 0 Å². The summed E-state index contributed by atoms with van der Waals surface area (Å²) in [6.45, 7) is 5.05. The number of pyridine rings is 2. The van der Waals surface area contributed by atoms with E-state index < -0.39 is 0 Å². The standard InChI is InChI=1S/C24H27N5O/c30-24(29-16-14-27(15-17-29)22-10-4-5-11-25-22)21-18-26-23(28-12-6-1-7-13-28)20-9-3-2-8-19(20)21/h2-5,8-11,18H,1,6-7,12-17H2. The third kappa shape index (κ3) is 3.58. The van der Waals surface area contributed by atoms with Crippen molar-refractivity contribution in [2.75, 3.05) is 49.1 Å². The number of piperidine rings is 1. The second kappa shape index (κ2) is 8.30. The number of carbonyl (C=O) groups is 1. The van der Waals surface area contributed by atoms with Crippen LogP contribution in [0.1, 0.15) is 29.6 Å². The number of hydrogen-bond acceptors (Lipinski definition) is 5. The van der Waals surface area contributed by atoms with E-state index in [0.29, 0.717) is 18.7 Å². The molecule has 5 rings (SSSR count). The maximum absolute atomic E-state index is 13.4. The van der Waals surface area contributed by atoms with E-state index >= 15 is 0 Å². The summed E-state index contributed by atoms with van der Waals surface area (Å²) in [6.07, 6.45) is 7.30. The van der Waals surface area contributed by atoms with Crippen molar-refractivity contribution < 1.29 is 4.79 Å². The largest absolute Gasteiger partial charge is 0.356 e. The summed E-state index contributed by atoms with van der Waals surface area (Å²) in [6, 6.07) is 14.2. The molecule has 0 spiro atoms. The molecule has 6 heteroatoms. The lowest BCUT2D eigenvalue weighted by atomic mass is 10.0. The van der Waals surface area contributed by atoms with E-state index in [1.165, 1.54) is 19.3 Å². The van der Waals surface area contributed by atoms with Gasteiger partial charge < -0.3 is 14.7 Å². The predicted octanol–water partition coefficient (Wildman–Crippen LogP) is 3.58. The highest BCUT2D eigenvalue weighted by Crippen LogP contribution is 2.30. The Kier molecular flexibility index (Phi) is 5.22. The number of hydrogen-bond donors (Lipinski definition) is 0. The fourth-order valence-corrected chi connectivity index (χ4v) is 4.56. The first kappa shape index (κ1) is 18.9. The molecule has 2 saturated heterocycles. The normalized spacial score (nSPS) is 17.4. The molecule has 0 unspecified atom stereocenters. The molecular weight excluding hydrogens is 374 g/mol. The molecule has 0 bridgehead atoms. The van der Waals surface area contributed by atoms with Crippen molar-refractivity contribution in [3.63, 3.8) is 0 Å². The fraction of sp³-hybridized carbons (Fsp3) is 0.375. The van der Waals surface area contributed by atoms with Crippen LogP contribution >= 0.6 is 0 Å². The number of rotatable bonds is 3. The van der Waals surface area contributed by atoms with Gasteiger partial charge in [0.05, 0.1) is 5.56 Å². The van der Waals surface area contributed by atoms with Crippen molar-refractivity contribution in [3.05, 3.63) is 60.4 Å². The lowest BCUT2D eigenvalue weighted by Gasteiger charge is -2.35. The summed E-state index contributed by atoms with van der Waals surface area (Å²) in [7, 11) is 0. The molecule has 0 saturated carbocycles. The number of aromatic nitrogens is 2. The topological polar surface area (TPSA) is 52.6 Å². The van der Waals surface area contributed by atoms with Crippen LogP contribution in [0.4, 0.5) is 11.6 Å². The first-order valence-corrected chi connectivity index (χ1v) is 10.9. The SMILES string of the molecule is O=C(c1cnc(N2CCCCC2)c2ccccc12)N1CCN(c2ccccn2)CC1. The van der Waals surface area contributed by atoms with Crippen LogP contribution in [-0.2, 0) is 0 Å². The van der Waals surface area contributed by atoms with E-state index in [9.17, 15) is 4.79 Å². The van der Waals surface area contributed by atoms with Crippen molar-refractivity contribution >= 4 is 28.3 Å². The minimum Gasteiger partial charge on any atom is -0.356 e. The van der Waals surface area contributed by atoms with Gasteiger partial charge in [-0.3, -0.25) is 4.79 Å². The molecule has 3 aromatic rings. The van der Waals surface area contributed by atoms with Crippen LogP contribution in [0.2, 0.25) is 0 Å². The molecule has 4 heterocycles. The summed E-state index contributed by atoms with van der Waals surface area (Å²) < 4.78 is 0. The number of carbonyl (C=O) groups excluding carboxylic acids is 1. The first-order valence-electron chi connectivity index (χ1n) is 10.9. The van der Waals surface area contributed by atoms with E-state index in [1.54, 1.807) is 6.20 Å². The zero-order chi connectivity index (χ0) is 20.3. The molecule has 30 heavy (non-hydrogen) atoms. The highest BCUT2D eigenvalue weighted by Gasteiger charge is 2.25. The van der Waals surface area contributed by atoms with Crippen LogP contribution in [0.15, 0.2) is 54.9 Å². The molecule has 0 aliphatic carbocycles. The summed E-state index contributed by atoms with van der Waals surface area (Å²) >= 11 is 0. The third-order valence-corrected chi connectivity index (χ3v) is 6.20. The first-order chi connectivity index (χ1) is 14.8. The van der Waals surface area contributed by atoms with E-state index in [-0.39, 0.29) is 5.91 Å². The van der Waals surface area contributed by atoms with Crippen molar-refractivity contribution in [3.8, 4) is 0 Å². The Morgan fingerprint density at radius 2 is 1.47 bits per heavy atom. The van der Waals surface area contributed by atoms with Crippen molar-refractivity contribution in [2.24, 2.45) is 0 Å². The molecule has 2 aliphatic heterocycles. The number of anilines is 2.